The van der Waals surface area contributed by atoms with Crippen LogP contribution in [-0.4, -0.2) is 56.8 Å². The Morgan fingerprint density at radius 1 is 1.13 bits per heavy atom. The van der Waals surface area contributed by atoms with Crippen LogP contribution in [-0.2, 0) is 11.3 Å². The number of hydrogen-bond donors (Lipinski definition) is 2. The molecule has 0 spiro atoms. The summed E-state index contributed by atoms with van der Waals surface area (Å²) in [5, 5.41) is 14.6. The molecule has 3 aromatic heterocycles. The summed E-state index contributed by atoms with van der Waals surface area (Å²) in [7, 11) is 3.47. The number of likely N-dealkylation sites (N-methyl/N-ethyl adjacent to an activating group) is 1. The van der Waals surface area contributed by atoms with E-state index >= 15 is 0 Å². The van der Waals surface area contributed by atoms with Gasteiger partial charge in [-0.05, 0) is 31.3 Å². The van der Waals surface area contributed by atoms with Crippen LogP contribution in [0.1, 0.15) is 9.67 Å². The van der Waals surface area contributed by atoms with E-state index in [-0.39, 0.29) is 6.54 Å². The number of pyridine rings is 1. The second-order valence-electron chi connectivity index (χ2n) is 7.42. The lowest BCUT2D eigenvalue weighted by Gasteiger charge is -2.19. The number of amides is 1. The van der Waals surface area contributed by atoms with Crippen LogP contribution in [0.4, 0.5) is 0 Å². The van der Waals surface area contributed by atoms with Crippen molar-refractivity contribution < 1.29 is 14.7 Å². The maximum atomic E-state index is 11.5. The van der Waals surface area contributed by atoms with Crippen molar-refractivity contribution in [3.05, 3.63) is 60.0 Å². The summed E-state index contributed by atoms with van der Waals surface area (Å²) < 4.78 is 2.55. The number of primary amides is 1. The van der Waals surface area contributed by atoms with Crippen LogP contribution in [0.2, 0.25) is 0 Å². The molecular weight excluding hydrogens is 414 g/mol. The van der Waals surface area contributed by atoms with E-state index in [2.05, 4.69) is 10.1 Å². The van der Waals surface area contributed by atoms with Crippen LogP contribution in [0, 0.1) is 0 Å². The molecule has 3 heterocycles. The fourth-order valence-electron chi connectivity index (χ4n) is 3.41. The first-order chi connectivity index (χ1) is 14.8. The molecule has 4 rings (SSSR count). The number of carboxylic acid groups (broad SMARTS) is 1. The number of carbonyl (C=O) groups excluding carboxylic acids is 1. The normalized spacial score (nSPS) is 12.4. The molecule has 31 heavy (non-hydrogen) atoms. The van der Waals surface area contributed by atoms with Gasteiger partial charge < -0.3 is 10.8 Å². The molecule has 0 aliphatic rings. The van der Waals surface area contributed by atoms with E-state index in [0.29, 0.717) is 4.88 Å². The number of hydrogen-bond acceptors (Lipinski definition) is 6. The lowest BCUT2D eigenvalue weighted by atomic mass is 10.0. The zero-order valence-corrected chi connectivity index (χ0v) is 17.8. The number of carbonyl (C=O) groups is 2. The van der Waals surface area contributed by atoms with Gasteiger partial charge in [-0.2, -0.15) is 5.10 Å². The summed E-state index contributed by atoms with van der Waals surface area (Å²) in [5.74, 6) is -1.33. The number of aromatic nitrogens is 3. The first kappa shape index (κ1) is 20.7. The second-order valence-corrected chi connectivity index (χ2v) is 8.50. The first-order valence-corrected chi connectivity index (χ1v) is 10.3. The molecule has 0 radical (unpaired) electrons. The molecule has 0 bridgehead atoms. The van der Waals surface area contributed by atoms with E-state index in [9.17, 15) is 14.7 Å². The minimum absolute atomic E-state index is 0.258. The van der Waals surface area contributed by atoms with Crippen molar-refractivity contribution in [2.45, 2.75) is 12.6 Å². The van der Waals surface area contributed by atoms with Gasteiger partial charge in [0.15, 0.2) is 0 Å². The van der Waals surface area contributed by atoms with Gasteiger partial charge in [0, 0.05) is 35.1 Å². The predicted octanol–water partition coefficient (Wildman–Crippen LogP) is 2.94. The molecule has 0 aliphatic carbocycles. The Morgan fingerprint density at radius 3 is 2.48 bits per heavy atom. The van der Waals surface area contributed by atoms with Gasteiger partial charge in [0.05, 0.1) is 22.3 Å². The zero-order valence-electron chi connectivity index (χ0n) is 17.0. The quantitative estimate of drug-likeness (QED) is 0.461. The third kappa shape index (κ3) is 4.18. The van der Waals surface area contributed by atoms with Gasteiger partial charge in [-0.15, -0.1) is 11.3 Å². The number of benzene rings is 1. The van der Waals surface area contributed by atoms with Crippen molar-refractivity contribution in [1.29, 1.82) is 0 Å². The van der Waals surface area contributed by atoms with Crippen LogP contribution in [0.3, 0.4) is 0 Å². The van der Waals surface area contributed by atoms with Crippen LogP contribution >= 0.6 is 11.3 Å². The molecule has 9 heteroatoms. The SMILES string of the molecule is CN(C)C(Cn1cc(-c2ccc(-c3cncc4sc(C(N)=O)cc34)cc2)cn1)C(=O)O. The molecule has 1 amide bonds. The second kappa shape index (κ2) is 8.29. The average molecular weight is 436 g/mol. The predicted molar refractivity (Wildman–Crippen MR) is 120 cm³/mol. The molecule has 0 fully saturated rings. The maximum absolute atomic E-state index is 11.5. The Labute approximate surface area is 182 Å². The number of thiophene rings is 1. The number of carboxylic acids is 1. The van der Waals surface area contributed by atoms with Crippen molar-refractivity contribution in [3.8, 4) is 22.3 Å². The summed E-state index contributed by atoms with van der Waals surface area (Å²) in [4.78, 5) is 29.4. The van der Waals surface area contributed by atoms with Gasteiger partial charge in [0.25, 0.3) is 5.91 Å². The standard InChI is InChI=1S/C22H21N5O3S/c1-26(2)18(22(29)30)12-27-11-15(8-25-27)13-3-5-14(6-4-13)17-9-24-10-20-16(17)7-19(31-20)21(23)28/h3-11,18H,12H2,1-2H3,(H2,23,28)(H,29,30). The minimum atomic E-state index is -0.887. The highest BCUT2D eigenvalue weighted by atomic mass is 32.1. The van der Waals surface area contributed by atoms with Crippen LogP contribution < -0.4 is 5.73 Å². The van der Waals surface area contributed by atoms with Crippen molar-refractivity contribution in [2.24, 2.45) is 5.73 Å². The summed E-state index contributed by atoms with van der Waals surface area (Å²) in [5.41, 5.74) is 9.19. The Morgan fingerprint density at radius 2 is 1.84 bits per heavy atom. The molecule has 0 saturated carbocycles. The highest BCUT2D eigenvalue weighted by Gasteiger charge is 2.21. The van der Waals surface area contributed by atoms with Gasteiger partial charge in [-0.3, -0.25) is 24.2 Å². The third-order valence-electron chi connectivity index (χ3n) is 5.12. The van der Waals surface area contributed by atoms with Gasteiger partial charge >= 0.3 is 5.97 Å². The molecule has 1 atom stereocenters. The molecule has 158 valence electrons. The van der Waals surface area contributed by atoms with Crippen LogP contribution in [0.5, 0.6) is 0 Å². The van der Waals surface area contributed by atoms with Crippen molar-refractivity contribution >= 4 is 33.3 Å². The summed E-state index contributed by atoms with van der Waals surface area (Å²) >= 11 is 1.33. The molecule has 1 unspecified atom stereocenters. The minimum Gasteiger partial charge on any atom is -0.480 e. The third-order valence-corrected chi connectivity index (χ3v) is 6.20. The lowest BCUT2D eigenvalue weighted by Crippen LogP contribution is -2.39. The average Bonchev–Trinajstić information content (AvgIpc) is 3.38. The van der Waals surface area contributed by atoms with E-state index in [4.69, 9.17) is 5.73 Å². The van der Waals surface area contributed by atoms with Crippen molar-refractivity contribution in [2.75, 3.05) is 14.1 Å². The molecule has 1 aromatic carbocycles. The van der Waals surface area contributed by atoms with E-state index in [1.54, 1.807) is 48.3 Å². The molecular formula is C22H21N5O3S. The fraction of sp³-hybridized carbons (Fsp3) is 0.182. The highest BCUT2D eigenvalue weighted by Crippen LogP contribution is 2.34. The van der Waals surface area contributed by atoms with E-state index in [0.717, 1.165) is 32.3 Å². The van der Waals surface area contributed by atoms with Gasteiger partial charge in [-0.25, -0.2) is 0 Å². The number of rotatable bonds is 7. The fourth-order valence-corrected chi connectivity index (χ4v) is 4.31. The van der Waals surface area contributed by atoms with Crippen LogP contribution in [0.15, 0.2) is 55.1 Å². The van der Waals surface area contributed by atoms with E-state index in [1.165, 1.54) is 11.3 Å². The monoisotopic (exact) mass is 435 g/mol. The molecule has 8 nitrogen and oxygen atoms in total. The molecule has 3 N–H and O–H groups in total. The van der Waals surface area contributed by atoms with Crippen molar-refractivity contribution in [3.63, 3.8) is 0 Å². The number of aliphatic carboxylic acids is 1. The number of fused-ring (bicyclic) bond motifs is 1. The highest BCUT2D eigenvalue weighted by molar-refractivity contribution is 7.20. The lowest BCUT2D eigenvalue weighted by molar-refractivity contribution is -0.142. The Hall–Kier alpha value is -3.56. The number of nitrogens with zero attached hydrogens (tertiary/aromatic N) is 4. The Balaban J connectivity index is 1.60. The zero-order chi connectivity index (χ0) is 22.1. The largest absolute Gasteiger partial charge is 0.480 e. The topological polar surface area (TPSA) is 114 Å². The molecule has 0 aliphatic heterocycles. The van der Waals surface area contributed by atoms with Gasteiger partial charge in [0.2, 0.25) is 0 Å². The Kier molecular flexibility index (Phi) is 5.53. The van der Waals surface area contributed by atoms with E-state index < -0.39 is 17.9 Å². The van der Waals surface area contributed by atoms with Crippen molar-refractivity contribution in [1.82, 2.24) is 19.7 Å². The molecule has 0 saturated heterocycles. The summed E-state index contributed by atoms with van der Waals surface area (Å²) in [6.07, 6.45) is 7.08. The van der Waals surface area contributed by atoms with Gasteiger partial charge in [0.1, 0.15) is 6.04 Å². The van der Waals surface area contributed by atoms with Gasteiger partial charge in [-0.1, -0.05) is 24.3 Å². The summed E-state index contributed by atoms with van der Waals surface area (Å²) in [6.45, 7) is 0.258. The van der Waals surface area contributed by atoms with Crippen LogP contribution in [0.25, 0.3) is 32.3 Å². The van der Waals surface area contributed by atoms with E-state index in [1.807, 2.05) is 30.5 Å². The Bertz CT molecular complexity index is 1260. The number of nitrogens with two attached hydrogens (primary N) is 1. The summed E-state index contributed by atoms with van der Waals surface area (Å²) in [6, 6.07) is 9.10. The smallest absolute Gasteiger partial charge is 0.322 e. The first-order valence-electron chi connectivity index (χ1n) is 9.53. The maximum Gasteiger partial charge on any atom is 0.322 e. The molecule has 4 aromatic rings.